The number of methoxy groups -OCH3 is 2. The van der Waals surface area contributed by atoms with Crippen LogP contribution in [-0.4, -0.2) is 62.0 Å². The Morgan fingerprint density at radius 2 is 1.47 bits per heavy atom. The second-order valence-corrected chi connectivity index (χ2v) is 7.02. The average molecular weight is 418 g/mol. The standard InChI is InChI=1S/C22H24F2N2O4/c1-29-17-12-16(13-18(14-17)30-2)22(28)26-9-7-25(8-10-26)21(27)6-4-15-3-5-19(23)20(24)11-15/h3,5,11-14H,4,6-10H2,1-2H3. The summed E-state index contributed by atoms with van der Waals surface area (Å²) in [6.45, 7) is 1.66. The molecule has 0 bridgehead atoms. The predicted molar refractivity (Wildman–Crippen MR) is 107 cm³/mol. The van der Waals surface area contributed by atoms with Crippen LogP contribution in [0.25, 0.3) is 0 Å². The number of amides is 2. The maximum absolute atomic E-state index is 13.3. The molecule has 30 heavy (non-hydrogen) atoms. The molecule has 0 spiro atoms. The fourth-order valence-corrected chi connectivity index (χ4v) is 3.38. The van der Waals surface area contributed by atoms with E-state index in [4.69, 9.17) is 9.47 Å². The number of hydrogen-bond donors (Lipinski definition) is 0. The lowest BCUT2D eigenvalue weighted by Gasteiger charge is -2.35. The molecule has 8 heteroatoms. The SMILES string of the molecule is COc1cc(OC)cc(C(=O)N2CCN(C(=O)CCc3ccc(F)c(F)c3)CC2)c1. The molecular formula is C22H24F2N2O4. The Balaban J connectivity index is 1.54. The molecule has 1 aliphatic rings. The van der Waals surface area contributed by atoms with Crippen LogP contribution in [0.3, 0.4) is 0 Å². The van der Waals surface area contributed by atoms with Crippen molar-refractivity contribution < 1.29 is 27.8 Å². The predicted octanol–water partition coefficient (Wildman–Crippen LogP) is 2.90. The molecule has 1 saturated heterocycles. The summed E-state index contributed by atoms with van der Waals surface area (Å²) in [7, 11) is 3.04. The average Bonchev–Trinajstić information content (AvgIpc) is 2.78. The van der Waals surface area contributed by atoms with Gasteiger partial charge in [0.15, 0.2) is 11.6 Å². The summed E-state index contributed by atoms with van der Waals surface area (Å²) in [6.07, 6.45) is 0.533. The summed E-state index contributed by atoms with van der Waals surface area (Å²) in [6, 6.07) is 8.66. The van der Waals surface area contributed by atoms with Crippen molar-refractivity contribution in [2.45, 2.75) is 12.8 Å². The van der Waals surface area contributed by atoms with Gasteiger partial charge in [-0.1, -0.05) is 6.07 Å². The molecule has 2 amide bonds. The van der Waals surface area contributed by atoms with Crippen LogP contribution in [0.5, 0.6) is 11.5 Å². The summed E-state index contributed by atoms with van der Waals surface area (Å²) >= 11 is 0. The van der Waals surface area contributed by atoms with Crippen molar-refractivity contribution in [3.05, 3.63) is 59.2 Å². The first-order valence-corrected chi connectivity index (χ1v) is 9.65. The zero-order valence-electron chi connectivity index (χ0n) is 17.0. The monoisotopic (exact) mass is 418 g/mol. The fraction of sp³-hybridized carbons (Fsp3) is 0.364. The molecule has 1 aliphatic heterocycles. The first kappa shape index (κ1) is 21.5. The van der Waals surface area contributed by atoms with Crippen LogP contribution < -0.4 is 9.47 Å². The lowest BCUT2D eigenvalue weighted by atomic mass is 10.1. The number of piperazine rings is 1. The van der Waals surface area contributed by atoms with Gasteiger partial charge in [-0.2, -0.15) is 0 Å². The van der Waals surface area contributed by atoms with Crippen molar-refractivity contribution in [1.82, 2.24) is 9.80 Å². The van der Waals surface area contributed by atoms with Crippen LogP contribution in [0.1, 0.15) is 22.3 Å². The van der Waals surface area contributed by atoms with E-state index in [0.29, 0.717) is 55.2 Å². The number of carbonyl (C=O) groups is 2. The van der Waals surface area contributed by atoms with E-state index >= 15 is 0 Å². The van der Waals surface area contributed by atoms with E-state index < -0.39 is 11.6 Å². The number of rotatable bonds is 6. The van der Waals surface area contributed by atoms with Crippen molar-refractivity contribution in [3.8, 4) is 11.5 Å². The Bertz CT molecular complexity index is 905. The minimum absolute atomic E-state index is 0.0742. The van der Waals surface area contributed by atoms with Crippen LogP contribution in [0.4, 0.5) is 8.78 Å². The van der Waals surface area contributed by atoms with Gasteiger partial charge in [0, 0.05) is 44.2 Å². The maximum Gasteiger partial charge on any atom is 0.254 e. The molecule has 1 fully saturated rings. The number of halogens is 2. The van der Waals surface area contributed by atoms with Crippen LogP contribution in [0.15, 0.2) is 36.4 Å². The Hall–Kier alpha value is -3.16. The molecule has 1 heterocycles. The van der Waals surface area contributed by atoms with Gasteiger partial charge in [0.05, 0.1) is 14.2 Å². The Morgan fingerprint density at radius 1 is 0.867 bits per heavy atom. The second kappa shape index (κ2) is 9.56. The maximum atomic E-state index is 13.3. The van der Waals surface area contributed by atoms with Gasteiger partial charge in [-0.15, -0.1) is 0 Å². The van der Waals surface area contributed by atoms with E-state index in [0.717, 1.165) is 12.1 Å². The highest BCUT2D eigenvalue weighted by Gasteiger charge is 2.25. The third-order valence-corrected chi connectivity index (χ3v) is 5.13. The van der Waals surface area contributed by atoms with Gasteiger partial charge in [-0.25, -0.2) is 8.78 Å². The van der Waals surface area contributed by atoms with Gasteiger partial charge in [-0.3, -0.25) is 9.59 Å². The van der Waals surface area contributed by atoms with Crippen molar-refractivity contribution in [1.29, 1.82) is 0 Å². The molecule has 6 nitrogen and oxygen atoms in total. The van der Waals surface area contributed by atoms with Crippen LogP contribution in [-0.2, 0) is 11.2 Å². The number of ether oxygens (including phenoxy) is 2. The van der Waals surface area contributed by atoms with E-state index in [2.05, 4.69) is 0 Å². The summed E-state index contributed by atoms with van der Waals surface area (Å²) in [5.74, 6) is -0.982. The molecule has 3 rings (SSSR count). The lowest BCUT2D eigenvalue weighted by molar-refractivity contribution is -0.132. The van der Waals surface area contributed by atoms with Crippen molar-refractivity contribution >= 4 is 11.8 Å². The summed E-state index contributed by atoms with van der Waals surface area (Å²) in [5, 5.41) is 0. The molecule has 160 valence electrons. The summed E-state index contributed by atoms with van der Waals surface area (Å²) in [5.41, 5.74) is 1.03. The Labute approximate surface area is 174 Å². The smallest absolute Gasteiger partial charge is 0.254 e. The van der Waals surface area contributed by atoms with Gasteiger partial charge in [-0.05, 0) is 36.2 Å². The van der Waals surface area contributed by atoms with Gasteiger partial charge in [0.25, 0.3) is 5.91 Å². The highest BCUT2D eigenvalue weighted by Crippen LogP contribution is 2.24. The van der Waals surface area contributed by atoms with Gasteiger partial charge < -0.3 is 19.3 Å². The molecule has 0 unspecified atom stereocenters. The van der Waals surface area contributed by atoms with Crippen LogP contribution in [0.2, 0.25) is 0 Å². The first-order chi connectivity index (χ1) is 14.4. The number of nitrogens with zero attached hydrogens (tertiary/aromatic N) is 2. The van der Waals surface area contributed by atoms with Gasteiger partial charge >= 0.3 is 0 Å². The largest absolute Gasteiger partial charge is 0.497 e. The number of benzene rings is 2. The third kappa shape index (κ3) is 5.06. The highest BCUT2D eigenvalue weighted by atomic mass is 19.2. The van der Waals surface area contributed by atoms with E-state index in [1.807, 2.05) is 0 Å². The summed E-state index contributed by atoms with van der Waals surface area (Å²) in [4.78, 5) is 28.7. The number of aryl methyl sites for hydroxylation is 1. The second-order valence-electron chi connectivity index (χ2n) is 7.02. The van der Waals surface area contributed by atoms with E-state index in [9.17, 15) is 18.4 Å². The molecule has 2 aromatic carbocycles. The molecule has 0 atom stereocenters. The van der Waals surface area contributed by atoms with E-state index in [-0.39, 0.29) is 18.2 Å². The molecule has 0 aliphatic carbocycles. The fourth-order valence-electron chi connectivity index (χ4n) is 3.38. The highest BCUT2D eigenvalue weighted by molar-refractivity contribution is 5.95. The Morgan fingerprint density at radius 3 is 2.03 bits per heavy atom. The molecule has 0 aromatic heterocycles. The minimum atomic E-state index is -0.916. The quantitative estimate of drug-likeness (QED) is 0.724. The molecule has 0 saturated carbocycles. The van der Waals surface area contributed by atoms with E-state index in [1.165, 1.54) is 20.3 Å². The lowest BCUT2D eigenvalue weighted by Crippen LogP contribution is -2.50. The zero-order valence-corrected chi connectivity index (χ0v) is 17.0. The number of carbonyl (C=O) groups excluding carboxylic acids is 2. The first-order valence-electron chi connectivity index (χ1n) is 9.65. The molecule has 0 radical (unpaired) electrons. The van der Waals surface area contributed by atoms with Gasteiger partial charge in [0.1, 0.15) is 11.5 Å². The van der Waals surface area contributed by atoms with Crippen molar-refractivity contribution in [3.63, 3.8) is 0 Å². The third-order valence-electron chi connectivity index (χ3n) is 5.13. The van der Waals surface area contributed by atoms with Crippen LogP contribution in [0, 0.1) is 11.6 Å². The topological polar surface area (TPSA) is 59.1 Å². The number of hydrogen-bond acceptors (Lipinski definition) is 4. The van der Waals surface area contributed by atoms with Crippen molar-refractivity contribution in [2.75, 3.05) is 40.4 Å². The Kier molecular flexibility index (Phi) is 6.87. The molecule has 2 aromatic rings. The molecular weight excluding hydrogens is 394 g/mol. The molecule has 0 N–H and O–H groups in total. The van der Waals surface area contributed by atoms with E-state index in [1.54, 1.807) is 28.0 Å². The normalized spacial score (nSPS) is 13.9. The zero-order chi connectivity index (χ0) is 21.7. The summed E-state index contributed by atoms with van der Waals surface area (Å²) < 4.78 is 36.7. The van der Waals surface area contributed by atoms with Crippen molar-refractivity contribution in [2.24, 2.45) is 0 Å². The van der Waals surface area contributed by atoms with Crippen LogP contribution >= 0.6 is 0 Å². The minimum Gasteiger partial charge on any atom is -0.497 e. The van der Waals surface area contributed by atoms with Gasteiger partial charge in [0.2, 0.25) is 5.91 Å².